The van der Waals surface area contributed by atoms with E-state index < -0.39 is 21.0 Å². The molecule has 0 bridgehead atoms. The van der Waals surface area contributed by atoms with Crippen LogP contribution in [0.3, 0.4) is 0 Å². The Hall–Kier alpha value is -2.47. The molecule has 2 aromatic rings. The molecule has 1 aliphatic rings. The first-order valence-corrected chi connectivity index (χ1v) is 9.25. The van der Waals surface area contributed by atoms with Crippen molar-refractivity contribution < 1.29 is 13.2 Å². The maximum atomic E-state index is 12.6. The highest BCUT2D eigenvalue weighted by atomic mass is 32.2. The monoisotopic (exact) mass is 342 g/mol. The zero-order valence-corrected chi connectivity index (χ0v) is 14.1. The van der Waals surface area contributed by atoms with E-state index in [1.54, 1.807) is 12.1 Å². The molecule has 6 heteroatoms. The zero-order chi connectivity index (χ0) is 17.2. The van der Waals surface area contributed by atoms with Crippen LogP contribution in [0.1, 0.15) is 17.5 Å². The largest absolute Gasteiger partial charge is 0.300 e. The van der Waals surface area contributed by atoms with Crippen LogP contribution in [0.25, 0.3) is 0 Å². The second kappa shape index (κ2) is 6.57. The molecular weight excluding hydrogens is 324 g/mol. The number of nitrogens with one attached hydrogen (secondary N) is 1. The maximum Gasteiger partial charge on any atom is 0.244 e. The van der Waals surface area contributed by atoms with Crippen molar-refractivity contribution in [1.82, 2.24) is 5.32 Å². The molecule has 1 aliphatic heterocycles. The molecule has 1 heterocycles. The molecule has 1 saturated heterocycles. The molecule has 5 nitrogen and oxygen atoms in total. The summed E-state index contributed by atoms with van der Waals surface area (Å²) in [5.74, 6) is -0.503. The van der Waals surface area contributed by atoms with Gasteiger partial charge < -0.3 is 0 Å². The number of sulfone groups is 1. The van der Waals surface area contributed by atoms with Gasteiger partial charge in [-0.05, 0) is 37.5 Å². The first-order chi connectivity index (χ1) is 11.5. The molecule has 0 aromatic heterocycles. The van der Waals surface area contributed by atoms with Crippen LogP contribution in [0, 0.1) is 6.92 Å². The Morgan fingerprint density at radius 1 is 1.04 bits per heavy atom. The minimum Gasteiger partial charge on any atom is -0.300 e. The topological polar surface area (TPSA) is 75.6 Å². The summed E-state index contributed by atoms with van der Waals surface area (Å²) >= 11 is 0. The van der Waals surface area contributed by atoms with Gasteiger partial charge in [-0.2, -0.15) is 0 Å². The summed E-state index contributed by atoms with van der Waals surface area (Å²) in [4.78, 5) is 16.2. The lowest BCUT2D eigenvalue weighted by molar-refractivity contribution is -0.118. The van der Waals surface area contributed by atoms with Crippen LogP contribution in [0.2, 0.25) is 0 Å². The summed E-state index contributed by atoms with van der Waals surface area (Å²) in [6.07, 6.45) is 0.765. The van der Waals surface area contributed by atoms with Gasteiger partial charge in [0.2, 0.25) is 20.9 Å². The third-order valence-electron chi connectivity index (χ3n) is 3.97. The summed E-state index contributed by atoms with van der Waals surface area (Å²) in [6.45, 7) is 1.94. The van der Waals surface area contributed by atoms with Crippen LogP contribution in [0.5, 0.6) is 0 Å². The number of hydrogen-bond acceptors (Lipinski definition) is 4. The number of carbonyl (C=O) groups excluding carboxylic acids is 1. The third kappa shape index (κ3) is 3.38. The Morgan fingerprint density at radius 2 is 1.71 bits per heavy atom. The third-order valence-corrected chi connectivity index (χ3v) is 5.90. The fourth-order valence-corrected chi connectivity index (χ4v) is 4.10. The molecule has 1 unspecified atom stereocenters. The number of aryl methyl sites for hydroxylation is 2. The molecule has 0 spiro atoms. The number of aliphatic imine (C=N–C) groups is 1. The molecular formula is C18H18N2O3S. The predicted octanol–water partition coefficient (Wildman–Crippen LogP) is 2.53. The van der Waals surface area contributed by atoms with Gasteiger partial charge in [0.1, 0.15) is 5.25 Å². The molecule has 124 valence electrons. The van der Waals surface area contributed by atoms with Gasteiger partial charge in [0.05, 0.1) is 5.69 Å². The highest BCUT2D eigenvalue weighted by Crippen LogP contribution is 2.21. The molecule has 0 aliphatic carbocycles. The fourth-order valence-electron chi connectivity index (χ4n) is 2.59. The van der Waals surface area contributed by atoms with Gasteiger partial charge in [-0.3, -0.25) is 10.1 Å². The smallest absolute Gasteiger partial charge is 0.244 e. The molecule has 24 heavy (non-hydrogen) atoms. The predicted molar refractivity (Wildman–Crippen MR) is 93.9 cm³/mol. The maximum absolute atomic E-state index is 12.6. The first-order valence-electron chi connectivity index (χ1n) is 7.71. The standard InChI is InChI=1S/C18H18N2O3S/c1-13-7-10-15(11-8-13)19-18-20-17(21)16(24(18,22)23)12-9-14-5-3-2-4-6-14/h2-8,10-11,16H,9,12H2,1H3,(H,19,20,21). The molecule has 1 amide bonds. The average Bonchev–Trinajstić information content (AvgIpc) is 2.77. The van der Waals surface area contributed by atoms with Crippen molar-refractivity contribution in [1.29, 1.82) is 0 Å². The van der Waals surface area contributed by atoms with Crippen LogP contribution in [-0.2, 0) is 21.1 Å². The fraction of sp³-hybridized carbons (Fsp3) is 0.222. The Kier molecular flexibility index (Phi) is 4.49. The summed E-state index contributed by atoms with van der Waals surface area (Å²) < 4.78 is 25.2. The molecule has 1 N–H and O–H groups in total. The minimum atomic E-state index is -3.77. The normalized spacial score (nSPS) is 21.0. The summed E-state index contributed by atoms with van der Waals surface area (Å²) in [7, 11) is -3.77. The van der Waals surface area contributed by atoms with E-state index in [9.17, 15) is 13.2 Å². The van der Waals surface area contributed by atoms with E-state index in [0.29, 0.717) is 12.1 Å². The number of amidine groups is 1. The average molecular weight is 342 g/mol. The summed E-state index contributed by atoms with van der Waals surface area (Å²) in [5.41, 5.74) is 2.56. The highest BCUT2D eigenvalue weighted by Gasteiger charge is 2.44. The zero-order valence-electron chi connectivity index (χ0n) is 13.3. The Labute approximate surface area is 141 Å². The number of hydrogen-bond donors (Lipinski definition) is 1. The number of amides is 1. The Balaban J connectivity index is 1.80. The Morgan fingerprint density at radius 3 is 2.38 bits per heavy atom. The van der Waals surface area contributed by atoms with Gasteiger partial charge in [-0.1, -0.05) is 48.0 Å². The van der Waals surface area contributed by atoms with Crippen LogP contribution >= 0.6 is 0 Å². The van der Waals surface area contributed by atoms with E-state index in [-0.39, 0.29) is 11.6 Å². The lowest BCUT2D eigenvalue weighted by Crippen LogP contribution is -2.26. The van der Waals surface area contributed by atoms with Crippen molar-refractivity contribution in [2.75, 3.05) is 0 Å². The van der Waals surface area contributed by atoms with Crippen LogP contribution in [-0.4, -0.2) is 24.7 Å². The number of rotatable bonds is 4. The van der Waals surface area contributed by atoms with E-state index in [1.807, 2.05) is 49.4 Å². The van der Waals surface area contributed by atoms with Crippen LogP contribution in [0.15, 0.2) is 59.6 Å². The second-order valence-corrected chi connectivity index (χ2v) is 7.85. The second-order valence-electron chi connectivity index (χ2n) is 5.80. The van der Waals surface area contributed by atoms with Gasteiger partial charge in [-0.15, -0.1) is 0 Å². The SMILES string of the molecule is Cc1ccc(N=C2NC(=O)C(CCc3ccccc3)S2(=O)=O)cc1. The summed E-state index contributed by atoms with van der Waals surface area (Å²) in [6, 6.07) is 16.6. The quantitative estimate of drug-likeness (QED) is 0.928. The molecule has 1 atom stereocenters. The van der Waals surface area contributed by atoms with Gasteiger partial charge in [0.25, 0.3) is 0 Å². The molecule has 1 fully saturated rings. The lowest BCUT2D eigenvalue weighted by Gasteiger charge is -2.06. The number of nitrogens with zero attached hydrogens (tertiary/aromatic N) is 1. The molecule has 0 radical (unpaired) electrons. The van der Waals surface area contributed by atoms with Crippen molar-refractivity contribution >= 4 is 26.6 Å². The van der Waals surface area contributed by atoms with Crippen molar-refractivity contribution in [3.63, 3.8) is 0 Å². The summed E-state index contributed by atoms with van der Waals surface area (Å²) in [5, 5.41) is 1.08. The van der Waals surface area contributed by atoms with E-state index in [2.05, 4.69) is 10.3 Å². The van der Waals surface area contributed by atoms with Gasteiger partial charge >= 0.3 is 0 Å². The Bertz CT molecular complexity index is 872. The van der Waals surface area contributed by atoms with E-state index in [0.717, 1.165) is 11.1 Å². The number of benzene rings is 2. The van der Waals surface area contributed by atoms with Crippen molar-refractivity contribution in [3.05, 3.63) is 65.7 Å². The van der Waals surface area contributed by atoms with Gasteiger partial charge in [0.15, 0.2) is 0 Å². The first kappa shape index (κ1) is 16.4. The van der Waals surface area contributed by atoms with E-state index in [1.165, 1.54) is 0 Å². The minimum absolute atomic E-state index is 0.241. The lowest BCUT2D eigenvalue weighted by atomic mass is 10.1. The van der Waals surface area contributed by atoms with E-state index >= 15 is 0 Å². The van der Waals surface area contributed by atoms with Crippen LogP contribution in [0.4, 0.5) is 5.69 Å². The van der Waals surface area contributed by atoms with E-state index in [4.69, 9.17) is 0 Å². The van der Waals surface area contributed by atoms with Gasteiger partial charge in [0, 0.05) is 0 Å². The van der Waals surface area contributed by atoms with Crippen molar-refractivity contribution in [3.8, 4) is 0 Å². The highest BCUT2D eigenvalue weighted by molar-refractivity contribution is 8.08. The molecule has 2 aromatic carbocycles. The van der Waals surface area contributed by atoms with Crippen LogP contribution < -0.4 is 5.32 Å². The molecule has 3 rings (SSSR count). The molecule has 0 saturated carbocycles. The van der Waals surface area contributed by atoms with Crippen molar-refractivity contribution in [2.24, 2.45) is 4.99 Å². The van der Waals surface area contributed by atoms with Gasteiger partial charge in [-0.25, -0.2) is 13.4 Å². The number of carbonyl (C=O) groups is 1. The van der Waals surface area contributed by atoms with Crippen molar-refractivity contribution in [2.45, 2.75) is 25.0 Å².